The van der Waals surface area contributed by atoms with Gasteiger partial charge in [0.05, 0.1) is 0 Å². The van der Waals surface area contributed by atoms with Gasteiger partial charge in [0.1, 0.15) is 0 Å². The van der Waals surface area contributed by atoms with Gasteiger partial charge >= 0.3 is 0 Å². The third-order valence-electron chi connectivity index (χ3n) is 3.66. The number of fused-ring (bicyclic) bond motifs is 1. The minimum absolute atomic E-state index is 1.29. The van der Waals surface area contributed by atoms with Gasteiger partial charge in [-0.15, -0.1) is 0 Å². The van der Waals surface area contributed by atoms with Gasteiger partial charge in [0, 0.05) is 0 Å². The molecule has 88 valence electrons. The van der Waals surface area contributed by atoms with Crippen molar-refractivity contribution in [2.45, 2.75) is 13.8 Å². The first-order valence-corrected chi connectivity index (χ1v) is 6.32. The summed E-state index contributed by atoms with van der Waals surface area (Å²) in [5.41, 5.74) is 5.35. The highest BCUT2D eigenvalue weighted by Gasteiger charge is 2.07. The Bertz CT molecular complexity index is 694. The van der Waals surface area contributed by atoms with E-state index in [1.807, 2.05) is 0 Å². The molecule has 0 saturated carbocycles. The molecule has 0 radical (unpaired) electrons. The monoisotopic (exact) mass is 232 g/mol. The van der Waals surface area contributed by atoms with Crippen molar-refractivity contribution in [1.29, 1.82) is 0 Å². The van der Waals surface area contributed by atoms with Crippen LogP contribution in [0.15, 0.2) is 60.7 Å². The van der Waals surface area contributed by atoms with Gasteiger partial charge < -0.3 is 0 Å². The zero-order valence-electron chi connectivity index (χ0n) is 10.8. The molecule has 0 aliphatic carbocycles. The van der Waals surface area contributed by atoms with Gasteiger partial charge in [0.2, 0.25) is 0 Å². The molecular weight excluding hydrogens is 216 g/mol. The summed E-state index contributed by atoms with van der Waals surface area (Å²) in [5, 5.41) is 2.70. The van der Waals surface area contributed by atoms with Crippen LogP contribution in [0.3, 0.4) is 0 Å². The van der Waals surface area contributed by atoms with Crippen molar-refractivity contribution in [2.75, 3.05) is 0 Å². The Hall–Kier alpha value is -2.08. The molecule has 0 aliphatic rings. The average molecular weight is 232 g/mol. The van der Waals surface area contributed by atoms with Crippen LogP contribution in [0.2, 0.25) is 0 Å². The Labute approximate surface area is 108 Å². The maximum Gasteiger partial charge on any atom is -0.0103 e. The zero-order chi connectivity index (χ0) is 12.5. The van der Waals surface area contributed by atoms with Crippen LogP contribution in [0.4, 0.5) is 0 Å². The normalized spacial score (nSPS) is 10.8. The van der Waals surface area contributed by atoms with E-state index in [0.29, 0.717) is 0 Å². The van der Waals surface area contributed by atoms with E-state index in [1.165, 1.54) is 33.0 Å². The first-order valence-electron chi connectivity index (χ1n) is 6.32. The van der Waals surface area contributed by atoms with E-state index < -0.39 is 0 Å². The summed E-state index contributed by atoms with van der Waals surface area (Å²) in [6.07, 6.45) is 0. The molecule has 0 heterocycles. The van der Waals surface area contributed by atoms with Gasteiger partial charge in [-0.25, -0.2) is 0 Å². The molecule has 0 unspecified atom stereocenters. The second-order valence-electron chi connectivity index (χ2n) is 4.78. The lowest BCUT2D eigenvalue weighted by molar-refractivity contribution is 1.38. The van der Waals surface area contributed by atoms with Gasteiger partial charge in [-0.3, -0.25) is 0 Å². The van der Waals surface area contributed by atoms with E-state index in [-0.39, 0.29) is 0 Å². The summed E-state index contributed by atoms with van der Waals surface area (Å²) in [7, 11) is 0. The maximum absolute atomic E-state index is 2.30. The lowest BCUT2D eigenvalue weighted by Crippen LogP contribution is -1.88. The van der Waals surface area contributed by atoms with Crippen LogP contribution >= 0.6 is 0 Å². The summed E-state index contributed by atoms with van der Waals surface area (Å²) in [4.78, 5) is 0. The molecule has 0 nitrogen and oxygen atoms in total. The molecule has 0 aliphatic heterocycles. The first kappa shape index (κ1) is 11.0. The van der Waals surface area contributed by atoms with Gasteiger partial charge in [-0.1, -0.05) is 60.7 Å². The van der Waals surface area contributed by atoms with E-state index in [9.17, 15) is 0 Å². The molecule has 0 fully saturated rings. The standard InChI is InChI=1S/C18H16/c1-13-12-18(15-8-4-3-5-9-15)17-11-7-6-10-16(17)14(13)2/h3-12H,1-2H3. The SMILES string of the molecule is Cc1cc(-c2ccccc2)c2ccccc2c1C. The van der Waals surface area contributed by atoms with Crippen molar-refractivity contribution in [2.24, 2.45) is 0 Å². The molecule has 0 N–H and O–H groups in total. The second kappa shape index (κ2) is 4.30. The van der Waals surface area contributed by atoms with Crippen molar-refractivity contribution in [3.05, 3.63) is 71.8 Å². The van der Waals surface area contributed by atoms with Crippen molar-refractivity contribution in [3.63, 3.8) is 0 Å². The van der Waals surface area contributed by atoms with Gasteiger partial charge in [0.15, 0.2) is 0 Å². The van der Waals surface area contributed by atoms with Gasteiger partial charge in [-0.05, 0) is 46.9 Å². The number of rotatable bonds is 1. The van der Waals surface area contributed by atoms with Crippen molar-refractivity contribution in [3.8, 4) is 11.1 Å². The second-order valence-corrected chi connectivity index (χ2v) is 4.78. The van der Waals surface area contributed by atoms with Crippen molar-refractivity contribution < 1.29 is 0 Å². The minimum Gasteiger partial charge on any atom is -0.0622 e. The summed E-state index contributed by atoms with van der Waals surface area (Å²) < 4.78 is 0. The molecule has 3 aromatic carbocycles. The van der Waals surface area contributed by atoms with Crippen molar-refractivity contribution >= 4 is 10.8 Å². The molecule has 3 rings (SSSR count). The molecule has 0 heteroatoms. The Morgan fingerprint density at radius 1 is 0.667 bits per heavy atom. The van der Waals surface area contributed by atoms with E-state index >= 15 is 0 Å². The van der Waals surface area contributed by atoms with Crippen LogP contribution in [-0.2, 0) is 0 Å². The van der Waals surface area contributed by atoms with Crippen molar-refractivity contribution in [1.82, 2.24) is 0 Å². The molecule has 18 heavy (non-hydrogen) atoms. The van der Waals surface area contributed by atoms with Crippen LogP contribution in [-0.4, -0.2) is 0 Å². The molecular formula is C18H16. The number of hydrogen-bond acceptors (Lipinski definition) is 0. The van der Waals surface area contributed by atoms with Crippen LogP contribution in [0, 0.1) is 13.8 Å². The molecule has 0 atom stereocenters. The third kappa shape index (κ3) is 1.70. The predicted octanol–water partition coefficient (Wildman–Crippen LogP) is 5.12. The van der Waals surface area contributed by atoms with Gasteiger partial charge in [-0.2, -0.15) is 0 Å². The fourth-order valence-corrected chi connectivity index (χ4v) is 2.52. The first-order chi connectivity index (χ1) is 8.77. The van der Waals surface area contributed by atoms with E-state index in [2.05, 4.69) is 74.5 Å². The number of aryl methyl sites for hydroxylation is 2. The Morgan fingerprint density at radius 2 is 1.28 bits per heavy atom. The quantitative estimate of drug-likeness (QED) is 0.546. The Kier molecular flexibility index (Phi) is 2.64. The number of benzene rings is 3. The van der Waals surface area contributed by atoms with E-state index in [4.69, 9.17) is 0 Å². The third-order valence-corrected chi connectivity index (χ3v) is 3.66. The predicted molar refractivity (Wildman–Crippen MR) is 78.9 cm³/mol. The topological polar surface area (TPSA) is 0 Å². The van der Waals surface area contributed by atoms with Crippen LogP contribution < -0.4 is 0 Å². The highest BCUT2D eigenvalue weighted by Crippen LogP contribution is 2.32. The zero-order valence-corrected chi connectivity index (χ0v) is 10.8. The minimum atomic E-state index is 1.29. The molecule has 0 spiro atoms. The van der Waals surface area contributed by atoms with E-state index in [1.54, 1.807) is 0 Å². The highest BCUT2D eigenvalue weighted by atomic mass is 14.1. The largest absolute Gasteiger partial charge is 0.0622 e. The smallest absolute Gasteiger partial charge is 0.0103 e. The highest BCUT2D eigenvalue weighted by molar-refractivity contribution is 5.99. The van der Waals surface area contributed by atoms with E-state index in [0.717, 1.165) is 0 Å². The fraction of sp³-hybridized carbons (Fsp3) is 0.111. The summed E-state index contributed by atoms with van der Waals surface area (Å²) in [5.74, 6) is 0. The maximum atomic E-state index is 2.30. The molecule has 0 saturated heterocycles. The summed E-state index contributed by atoms with van der Waals surface area (Å²) in [6, 6.07) is 21.6. The lowest BCUT2D eigenvalue weighted by Gasteiger charge is -2.12. The summed E-state index contributed by atoms with van der Waals surface area (Å²) >= 11 is 0. The molecule has 0 aromatic heterocycles. The van der Waals surface area contributed by atoms with Crippen LogP contribution in [0.5, 0.6) is 0 Å². The fourth-order valence-electron chi connectivity index (χ4n) is 2.52. The summed E-state index contributed by atoms with van der Waals surface area (Å²) in [6.45, 7) is 4.39. The Morgan fingerprint density at radius 3 is 2.00 bits per heavy atom. The van der Waals surface area contributed by atoms with Gasteiger partial charge in [0.25, 0.3) is 0 Å². The molecule has 0 amide bonds. The lowest BCUT2D eigenvalue weighted by atomic mass is 9.92. The molecule has 0 bridgehead atoms. The molecule has 3 aromatic rings. The Balaban J connectivity index is 2.40. The number of hydrogen-bond donors (Lipinski definition) is 0. The van der Waals surface area contributed by atoms with Crippen LogP contribution in [0.25, 0.3) is 21.9 Å². The average Bonchev–Trinajstić information content (AvgIpc) is 2.44. The van der Waals surface area contributed by atoms with Crippen LogP contribution in [0.1, 0.15) is 11.1 Å².